The van der Waals surface area contributed by atoms with Crippen molar-refractivity contribution in [2.45, 2.75) is 0 Å². The predicted octanol–water partition coefficient (Wildman–Crippen LogP) is 3.37. The van der Waals surface area contributed by atoms with Gasteiger partial charge in [-0.05, 0) is 12.1 Å². The van der Waals surface area contributed by atoms with E-state index in [2.05, 4.69) is 4.98 Å². The van der Waals surface area contributed by atoms with Crippen molar-refractivity contribution in [3.05, 3.63) is 52.0 Å². The summed E-state index contributed by atoms with van der Waals surface area (Å²) in [5.41, 5.74) is -0.877. The van der Waals surface area contributed by atoms with Crippen LogP contribution in [0.5, 0.6) is 0 Å². The van der Waals surface area contributed by atoms with Gasteiger partial charge in [-0.3, -0.25) is 0 Å². The van der Waals surface area contributed by atoms with Gasteiger partial charge in [0.05, 0.1) is 5.56 Å². The highest BCUT2D eigenvalue weighted by atomic mass is 32.1. The second kappa shape index (κ2) is 4.94. The molecule has 0 amide bonds. The molecular weight excluding hydrogens is 258 g/mol. The molecule has 0 saturated heterocycles. The first kappa shape index (κ1) is 12.2. The molecular formula is C12H6F2N2OS. The molecule has 2 rings (SSSR count). The van der Waals surface area contributed by atoms with E-state index in [1.54, 1.807) is 11.4 Å². The van der Waals surface area contributed by atoms with Crippen LogP contribution in [0.25, 0.3) is 11.3 Å². The number of halogens is 2. The third-order valence-electron chi connectivity index (χ3n) is 2.19. The summed E-state index contributed by atoms with van der Waals surface area (Å²) in [7, 11) is 0. The van der Waals surface area contributed by atoms with Gasteiger partial charge in [0.2, 0.25) is 0 Å². The van der Waals surface area contributed by atoms with E-state index in [9.17, 15) is 13.9 Å². The Morgan fingerprint density at radius 1 is 1.33 bits per heavy atom. The number of hydrogen-bond acceptors (Lipinski definition) is 4. The molecule has 90 valence electrons. The van der Waals surface area contributed by atoms with E-state index in [4.69, 9.17) is 5.26 Å². The average molecular weight is 264 g/mol. The van der Waals surface area contributed by atoms with E-state index in [-0.39, 0.29) is 10.6 Å². The van der Waals surface area contributed by atoms with Crippen LogP contribution in [0.15, 0.2) is 29.8 Å². The van der Waals surface area contributed by atoms with Gasteiger partial charge in [0.1, 0.15) is 34.0 Å². The maximum absolute atomic E-state index is 13.5. The largest absolute Gasteiger partial charge is 0.506 e. The van der Waals surface area contributed by atoms with Crippen molar-refractivity contribution >= 4 is 22.7 Å². The van der Waals surface area contributed by atoms with Crippen LogP contribution in [0.4, 0.5) is 8.78 Å². The molecule has 1 heterocycles. The number of rotatable bonds is 2. The monoisotopic (exact) mass is 264 g/mol. The second-order valence-corrected chi connectivity index (χ2v) is 4.16. The van der Waals surface area contributed by atoms with E-state index >= 15 is 0 Å². The fraction of sp³-hybridized carbons (Fsp3) is 0. The number of aromatic nitrogens is 1. The van der Waals surface area contributed by atoms with Crippen molar-refractivity contribution in [1.29, 1.82) is 5.26 Å². The number of benzene rings is 1. The summed E-state index contributed by atoms with van der Waals surface area (Å²) in [5, 5.41) is 20.6. The van der Waals surface area contributed by atoms with Crippen LogP contribution in [0.3, 0.4) is 0 Å². The highest BCUT2D eigenvalue weighted by molar-refractivity contribution is 7.10. The minimum Gasteiger partial charge on any atom is -0.506 e. The van der Waals surface area contributed by atoms with Gasteiger partial charge in [-0.25, -0.2) is 13.8 Å². The Balaban J connectivity index is 2.66. The summed E-state index contributed by atoms with van der Waals surface area (Å²) in [6.45, 7) is 0. The molecule has 0 atom stereocenters. The first-order valence-electron chi connectivity index (χ1n) is 4.82. The molecule has 1 N–H and O–H groups in total. The first-order valence-corrected chi connectivity index (χ1v) is 5.70. The second-order valence-electron chi connectivity index (χ2n) is 3.27. The molecule has 2 aromatic rings. The van der Waals surface area contributed by atoms with Crippen LogP contribution in [0, 0.1) is 23.0 Å². The summed E-state index contributed by atoms with van der Waals surface area (Å²) in [5.74, 6) is -2.61. The van der Waals surface area contributed by atoms with Gasteiger partial charge < -0.3 is 5.11 Å². The Labute approximate surface area is 105 Å². The Hall–Kier alpha value is -2.26. The van der Waals surface area contributed by atoms with Crippen LogP contribution in [0.2, 0.25) is 0 Å². The number of nitrogens with zero attached hydrogens (tertiary/aromatic N) is 2. The van der Waals surface area contributed by atoms with Gasteiger partial charge in [-0.2, -0.15) is 5.26 Å². The molecule has 1 aromatic carbocycles. The molecule has 3 nitrogen and oxygen atoms in total. The zero-order valence-electron chi connectivity index (χ0n) is 8.89. The van der Waals surface area contributed by atoms with Crippen LogP contribution in [-0.2, 0) is 0 Å². The number of aliphatic hydroxyl groups excluding tert-OH is 1. The van der Waals surface area contributed by atoms with Gasteiger partial charge in [-0.15, -0.1) is 11.3 Å². The third-order valence-corrected chi connectivity index (χ3v) is 2.98. The highest BCUT2D eigenvalue weighted by Crippen LogP contribution is 2.28. The minimum atomic E-state index is -0.934. The third kappa shape index (κ3) is 2.08. The van der Waals surface area contributed by atoms with Gasteiger partial charge in [-0.1, -0.05) is 6.07 Å². The smallest absolute Gasteiger partial charge is 0.149 e. The van der Waals surface area contributed by atoms with Gasteiger partial charge in [0.25, 0.3) is 0 Å². The molecule has 0 unspecified atom stereocenters. The lowest BCUT2D eigenvalue weighted by Gasteiger charge is -2.05. The number of hydrogen-bond donors (Lipinski definition) is 1. The lowest BCUT2D eigenvalue weighted by molar-refractivity contribution is 0.490. The van der Waals surface area contributed by atoms with E-state index in [1.807, 2.05) is 0 Å². The van der Waals surface area contributed by atoms with Crippen molar-refractivity contribution in [1.82, 2.24) is 4.98 Å². The SMILES string of the molecule is N#CC(=C(O)c1c(F)cccc1F)c1nccs1. The average Bonchev–Trinajstić information content (AvgIpc) is 2.83. The van der Waals surface area contributed by atoms with Gasteiger partial charge in [0.15, 0.2) is 0 Å². The highest BCUT2D eigenvalue weighted by Gasteiger charge is 2.19. The lowest BCUT2D eigenvalue weighted by atomic mass is 10.1. The standard InChI is InChI=1S/C12H6F2N2OS/c13-8-2-1-3-9(14)10(8)11(17)7(6-15)12-16-4-5-18-12/h1-5,17H. The number of nitriles is 1. The molecule has 0 spiro atoms. The van der Waals surface area contributed by atoms with E-state index in [0.717, 1.165) is 23.5 Å². The molecule has 0 saturated carbocycles. The first-order chi connectivity index (χ1) is 8.65. The maximum Gasteiger partial charge on any atom is 0.149 e. The normalized spacial score (nSPS) is 11.8. The van der Waals surface area contributed by atoms with Crippen molar-refractivity contribution in [3.8, 4) is 6.07 Å². The molecule has 0 aliphatic carbocycles. The zero-order chi connectivity index (χ0) is 13.1. The van der Waals surface area contributed by atoms with Crippen molar-refractivity contribution < 1.29 is 13.9 Å². The lowest BCUT2D eigenvalue weighted by Crippen LogP contribution is -1.97. The van der Waals surface area contributed by atoms with Crippen molar-refractivity contribution in [2.24, 2.45) is 0 Å². The van der Waals surface area contributed by atoms with Crippen LogP contribution >= 0.6 is 11.3 Å². The zero-order valence-corrected chi connectivity index (χ0v) is 9.71. The molecule has 0 aliphatic heterocycles. The van der Waals surface area contributed by atoms with Gasteiger partial charge >= 0.3 is 0 Å². The van der Waals surface area contributed by atoms with Gasteiger partial charge in [0, 0.05) is 11.6 Å². The maximum atomic E-state index is 13.5. The molecule has 1 aromatic heterocycles. The fourth-order valence-electron chi connectivity index (χ4n) is 1.40. The summed E-state index contributed by atoms with van der Waals surface area (Å²) < 4.78 is 27.0. The summed E-state index contributed by atoms with van der Waals surface area (Å²) in [6, 6.07) is 4.89. The number of thiazole rings is 1. The number of allylic oxidation sites excluding steroid dienone is 1. The van der Waals surface area contributed by atoms with Crippen molar-refractivity contribution in [2.75, 3.05) is 0 Å². The van der Waals surface area contributed by atoms with E-state index < -0.39 is 23.0 Å². The summed E-state index contributed by atoms with van der Waals surface area (Å²) in [4.78, 5) is 3.83. The van der Waals surface area contributed by atoms with Crippen LogP contribution < -0.4 is 0 Å². The van der Waals surface area contributed by atoms with Crippen LogP contribution in [-0.4, -0.2) is 10.1 Å². The Kier molecular flexibility index (Phi) is 3.35. The molecule has 18 heavy (non-hydrogen) atoms. The molecule has 0 aliphatic rings. The molecule has 6 heteroatoms. The molecule has 0 bridgehead atoms. The topological polar surface area (TPSA) is 56.9 Å². The predicted molar refractivity (Wildman–Crippen MR) is 63.5 cm³/mol. The number of aliphatic hydroxyl groups is 1. The van der Waals surface area contributed by atoms with E-state index in [1.165, 1.54) is 12.3 Å². The van der Waals surface area contributed by atoms with Crippen molar-refractivity contribution in [3.63, 3.8) is 0 Å². The Bertz CT molecular complexity index is 624. The summed E-state index contributed by atoms with van der Waals surface area (Å²) in [6.07, 6.45) is 1.43. The minimum absolute atomic E-state index is 0.206. The Morgan fingerprint density at radius 2 is 2.00 bits per heavy atom. The summed E-state index contributed by atoms with van der Waals surface area (Å²) >= 11 is 1.09. The Morgan fingerprint density at radius 3 is 2.50 bits per heavy atom. The molecule has 0 radical (unpaired) electrons. The molecule has 0 fully saturated rings. The fourth-order valence-corrected chi connectivity index (χ4v) is 2.03. The van der Waals surface area contributed by atoms with Crippen LogP contribution in [0.1, 0.15) is 10.6 Å². The quantitative estimate of drug-likeness (QED) is 0.668. The van der Waals surface area contributed by atoms with E-state index in [0.29, 0.717) is 0 Å².